The molecule has 2 aromatic rings. The molecule has 0 aliphatic carbocycles. The predicted molar refractivity (Wildman–Crippen MR) is 90.0 cm³/mol. The third-order valence-electron chi connectivity index (χ3n) is 2.95. The lowest BCUT2D eigenvalue weighted by atomic mass is 10.2. The zero-order chi connectivity index (χ0) is 14.2. The van der Waals surface area contributed by atoms with Crippen molar-refractivity contribution in [3.8, 4) is 5.75 Å². The second kappa shape index (κ2) is 9.23. The topological polar surface area (TPSA) is 73.3 Å². The molecule has 0 heterocycles. The fraction of sp³-hybridized carbons (Fsp3) is 0.250. The van der Waals surface area contributed by atoms with E-state index in [1.54, 1.807) is 0 Å². The zero-order valence-electron chi connectivity index (χ0n) is 11.9. The molecule has 0 fully saturated rings. The Morgan fingerprint density at radius 2 is 1.81 bits per heavy atom. The van der Waals surface area contributed by atoms with Gasteiger partial charge in [-0.15, -0.1) is 12.4 Å². The van der Waals surface area contributed by atoms with Gasteiger partial charge in [0.1, 0.15) is 12.4 Å². The van der Waals surface area contributed by atoms with Crippen molar-refractivity contribution in [2.24, 2.45) is 11.5 Å². The van der Waals surface area contributed by atoms with E-state index in [1.807, 2.05) is 54.6 Å². The molecular weight excluding hydrogens is 286 g/mol. The van der Waals surface area contributed by atoms with Crippen molar-refractivity contribution in [2.75, 3.05) is 18.4 Å². The van der Waals surface area contributed by atoms with E-state index in [9.17, 15) is 0 Å². The Bertz CT molecular complexity index is 522. The summed E-state index contributed by atoms with van der Waals surface area (Å²) in [7, 11) is 0. The summed E-state index contributed by atoms with van der Waals surface area (Å²) in [6.07, 6.45) is 0. The van der Waals surface area contributed by atoms with Crippen LogP contribution < -0.4 is 21.5 Å². The second-order valence-corrected chi connectivity index (χ2v) is 4.68. The van der Waals surface area contributed by atoms with Gasteiger partial charge in [-0.2, -0.15) is 0 Å². The molecule has 0 aliphatic heterocycles. The first-order valence-electron chi connectivity index (χ1n) is 6.74. The van der Waals surface area contributed by atoms with Crippen LogP contribution in [-0.2, 0) is 6.61 Å². The number of ether oxygens (including phenoxy) is 1. The van der Waals surface area contributed by atoms with Gasteiger partial charge < -0.3 is 21.5 Å². The van der Waals surface area contributed by atoms with Crippen LogP contribution in [0.3, 0.4) is 0 Å². The number of anilines is 1. The Morgan fingerprint density at radius 3 is 2.52 bits per heavy atom. The Labute approximate surface area is 131 Å². The molecule has 1 atom stereocenters. The van der Waals surface area contributed by atoms with E-state index < -0.39 is 0 Å². The van der Waals surface area contributed by atoms with Crippen LogP contribution in [0.4, 0.5) is 5.69 Å². The molecule has 0 aromatic heterocycles. The summed E-state index contributed by atoms with van der Waals surface area (Å²) >= 11 is 0. The highest BCUT2D eigenvalue weighted by molar-refractivity contribution is 5.85. The number of hydrogen-bond acceptors (Lipinski definition) is 4. The molecule has 0 aliphatic rings. The van der Waals surface area contributed by atoms with Gasteiger partial charge in [0.2, 0.25) is 0 Å². The molecule has 2 aromatic carbocycles. The van der Waals surface area contributed by atoms with Gasteiger partial charge in [0.05, 0.1) is 0 Å². The van der Waals surface area contributed by atoms with E-state index in [0.29, 0.717) is 19.7 Å². The minimum absolute atomic E-state index is 0. The zero-order valence-corrected chi connectivity index (χ0v) is 12.7. The van der Waals surface area contributed by atoms with Gasteiger partial charge in [-0.25, -0.2) is 0 Å². The second-order valence-electron chi connectivity index (χ2n) is 4.68. The first-order chi connectivity index (χ1) is 9.78. The highest BCUT2D eigenvalue weighted by atomic mass is 35.5. The molecular formula is C16H22ClN3O. The molecule has 0 radical (unpaired) electrons. The number of nitrogens with one attached hydrogen (secondary N) is 1. The first kappa shape index (κ1) is 17.3. The Hall–Kier alpha value is -1.75. The summed E-state index contributed by atoms with van der Waals surface area (Å²) in [6, 6.07) is 17.9. The number of nitrogens with two attached hydrogens (primary N) is 2. The van der Waals surface area contributed by atoms with Crippen LogP contribution in [0, 0.1) is 0 Å². The van der Waals surface area contributed by atoms with Crippen molar-refractivity contribution in [3.63, 3.8) is 0 Å². The van der Waals surface area contributed by atoms with Crippen LogP contribution >= 0.6 is 12.4 Å². The molecule has 0 bridgehead atoms. The van der Waals surface area contributed by atoms with Crippen LogP contribution in [0.25, 0.3) is 0 Å². The number of rotatable bonds is 7. The molecule has 1 unspecified atom stereocenters. The Balaban J connectivity index is 0.00000220. The summed E-state index contributed by atoms with van der Waals surface area (Å²) in [6.45, 7) is 1.68. The number of benzene rings is 2. The maximum atomic E-state index is 5.77. The minimum atomic E-state index is -0.0381. The lowest BCUT2D eigenvalue weighted by molar-refractivity contribution is 0.306. The van der Waals surface area contributed by atoms with Crippen molar-refractivity contribution < 1.29 is 4.74 Å². The minimum Gasteiger partial charge on any atom is -0.489 e. The Morgan fingerprint density at radius 1 is 1.05 bits per heavy atom. The van der Waals surface area contributed by atoms with Crippen LogP contribution in [0.1, 0.15) is 5.56 Å². The SMILES string of the molecule is Cl.NCC(N)CNc1cccc(OCc2ccccc2)c1. The number of hydrogen-bond donors (Lipinski definition) is 3. The predicted octanol–water partition coefficient (Wildman–Crippen LogP) is 2.39. The molecule has 21 heavy (non-hydrogen) atoms. The van der Waals surface area contributed by atoms with Crippen LogP contribution in [0.5, 0.6) is 5.75 Å². The van der Waals surface area contributed by atoms with Crippen molar-refractivity contribution in [3.05, 3.63) is 60.2 Å². The standard InChI is InChI=1S/C16H21N3O.ClH/c17-10-14(18)11-19-15-7-4-8-16(9-15)20-12-13-5-2-1-3-6-13;/h1-9,14,19H,10-12,17-18H2;1H. The third-order valence-corrected chi connectivity index (χ3v) is 2.95. The number of halogens is 1. The van der Waals surface area contributed by atoms with Crippen molar-refractivity contribution in [1.82, 2.24) is 0 Å². The quantitative estimate of drug-likeness (QED) is 0.734. The van der Waals surface area contributed by atoms with Gasteiger partial charge >= 0.3 is 0 Å². The lowest BCUT2D eigenvalue weighted by Crippen LogP contribution is -2.36. The monoisotopic (exact) mass is 307 g/mol. The van der Waals surface area contributed by atoms with Crippen molar-refractivity contribution in [1.29, 1.82) is 0 Å². The van der Waals surface area contributed by atoms with Gasteiger partial charge in [0, 0.05) is 30.9 Å². The first-order valence-corrected chi connectivity index (χ1v) is 6.74. The molecule has 114 valence electrons. The fourth-order valence-electron chi connectivity index (χ4n) is 1.77. The van der Waals surface area contributed by atoms with Gasteiger partial charge in [-0.1, -0.05) is 36.4 Å². The summed E-state index contributed by atoms with van der Waals surface area (Å²) in [5, 5.41) is 3.25. The normalized spacial score (nSPS) is 11.3. The van der Waals surface area contributed by atoms with Crippen molar-refractivity contribution in [2.45, 2.75) is 12.6 Å². The molecule has 0 amide bonds. The maximum Gasteiger partial charge on any atom is 0.121 e. The molecule has 5 heteroatoms. The van der Waals surface area contributed by atoms with E-state index in [-0.39, 0.29) is 18.4 Å². The van der Waals surface area contributed by atoms with Gasteiger partial charge in [-0.05, 0) is 17.7 Å². The van der Waals surface area contributed by atoms with E-state index in [2.05, 4.69) is 5.32 Å². The highest BCUT2D eigenvalue weighted by Crippen LogP contribution is 2.18. The van der Waals surface area contributed by atoms with E-state index in [1.165, 1.54) is 0 Å². The molecule has 5 N–H and O–H groups in total. The van der Waals surface area contributed by atoms with Gasteiger partial charge in [-0.3, -0.25) is 0 Å². The molecule has 0 spiro atoms. The van der Waals surface area contributed by atoms with Gasteiger partial charge in [0.25, 0.3) is 0 Å². The van der Waals surface area contributed by atoms with Crippen LogP contribution in [-0.4, -0.2) is 19.1 Å². The van der Waals surface area contributed by atoms with E-state index in [0.717, 1.165) is 17.0 Å². The smallest absolute Gasteiger partial charge is 0.121 e. The summed E-state index contributed by atoms with van der Waals surface area (Å²) in [5.41, 5.74) is 13.4. The molecule has 2 rings (SSSR count). The van der Waals surface area contributed by atoms with E-state index >= 15 is 0 Å². The summed E-state index contributed by atoms with van der Waals surface area (Å²) < 4.78 is 5.77. The summed E-state index contributed by atoms with van der Waals surface area (Å²) in [5.74, 6) is 0.833. The average molecular weight is 308 g/mol. The highest BCUT2D eigenvalue weighted by Gasteiger charge is 2.01. The maximum absolute atomic E-state index is 5.77. The third kappa shape index (κ3) is 6.04. The largest absolute Gasteiger partial charge is 0.489 e. The van der Waals surface area contributed by atoms with E-state index in [4.69, 9.17) is 16.2 Å². The molecule has 4 nitrogen and oxygen atoms in total. The Kier molecular flexibility index (Phi) is 7.61. The van der Waals surface area contributed by atoms with Gasteiger partial charge in [0.15, 0.2) is 0 Å². The van der Waals surface area contributed by atoms with Crippen LogP contribution in [0.15, 0.2) is 54.6 Å². The fourth-order valence-corrected chi connectivity index (χ4v) is 1.77. The molecule has 0 saturated carbocycles. The molecule has 0 saturated heterocycles. The summed E-state index contributed by atoms with van der Waals surface area (Å²) in [4.78, 5) is 0. The average Bonchev–Trinajstić information content (AvgIpc) is 2.52. The van der Waals surface area contributed by atoms with Crippen LogP contribution in [0.2, 0.25) is 0 Å². The lowest BCUT2D eigenvalue weighted by Gasteiger charge is -2.13. The van der Waals surface area contributed by atoms with Crippen molar-refractivity contribution >= 4 is 18.1 Å².